The van der Waals surface area contributed by atoms with Gasteiger partial charge in [-0.2, -0.15) is 0 Å². The third kappa shape index (κ3) is 4.22. The summed E-state index contributed by atoms with van der Waals surface area (Å²) in [5.41, 5.74) is 10.9. The SMILES string of the molecule is CNc1nc2nc(-c3ccc(C4([NH3+])CCC4)cc3)c(-c3ccccc3)cc2c[nH+]1.[Cl-].[Cl-]. The number of rotatable bonds is 4. The van der Waals surface area contributed by atoms with Crippen LogP contribution in [0.5, 0.6) is 0 Å². The Hall–Kier alpha value is -2.73. The molecule has 2 heterocycles. The van der Waals surface area contributed by atoms with Gasteiger partial charge in [0, 0.05) is 29.5 Å². The predicted octanol–water partition coefficient (Wildman–Crippen LogP) is -2.55. The number of hydrogen-bond acceptors (Lipinski definition) is 3. The lowest BCUT2D eigenvalue weighted by atomic mass is 9.72. The molecule has 0 radical (unpaired) electrons. The van der Waals surface area contributed by atoms with Crippen molar-refractivity contribution in [2.45, 2.75) is 24.8 Å². The number of pyridine rings is 1. The standard InChI is InChI=1S/C24H23N5.2ClH/c1-26-23-27-15-18-14-20(16-6-3-2-4-7-16)21(28-22(18)29-23)17-8-10-19(11-9-17)24(25)12-5-13-24;;/h2-4,6-11,14-15H,5,12-13,25H2,1H3,(H,26,27,28,29);2*1H. The molecule has 5 nitrogen and oxygen atoms in total. The molecule has 0 spiro atoms. The van der Waals surface area contributed by atoms with E-state index in [1.807, 2.05) is 19.3 Å². The molecule has 0 saturated heterocycles. The lowest BCUT2D eigenvalue weighted by Gasteiger charge is -2.34. The second kappa shape index (κ2) is 9.18. The summed E-state index contributed by atoms with van der Waals surface area (Å²) in [4.78, 5) is 12.7. The number of H-pyrrole nitrogens is 1. The Morgan fingerprint density at radius 2 is 1.65 bits per heavy atom. The molecule has 0 unspecified atom stereocenters. The van der Waals surface area contributed by atoms with Gasteiger partial charge in [0.1, 0.15) is 5.54 Å². The van der Waals surface area contributed by atoms with Gasteiger partial charge in [0.25, 0.3) is 0 Å². The fourth-order valence-electron chi connectivity index (χ4n) is 4.06. The van der Waals surface area contributed by atoms with Crippen LogP contribution in [0.1, 0.15) is 24.8 Å². The van der Waals surface area contributed by atoms with Crippen molar-refractivity contribution in [2.24, 2.45) is 0 Å². The second-order valence-electron chi connectivity index (χ2n) is 7.87. The van der Waals surface area contributed by atoms with Crippen molar-refractivity contribution in [3.8, 4) is 22.4 Å². The Morgan fingerprint density at radius 3 is 2.26 bits per heavy atom. The summed E-state index contributed by atoms with van der Waals surface area (Å²) in [5, 5.41) is 4.03. The molecule has 0 atom stereocenters. The molecule has 0 amide bonds. The Balaban J connectivity index is 0.00000136. The van der Waals surface area contributed by atoms with Crippen molar-refractivity contribution in [2.75, 3.05) is 12.4 Å². The van der Waals surface area contributed by atoms with Crippen molar-refractivity contribution >= 4 is 17.0 Å². The van der Waals surface area contributed by atoms with Crippen molar-refractivity contribution in [3.63, 3.8) is 0 Å². The van der Waals surface area contributed by atoms with Gasteiger partial charge in [-0.25, -0.2) is 9.97 Å². The molecule has 1 aliphatic carbocycles. The molecule has 1 saturated carbocycles. The number of fused-ring (bicyclic) bond motifs is 1. The van der Waals surface area contributed by atoms with E-state index in [9.17, 15) is 0 Å². The smallest absolute Gasteiger partial charge is 0.391 e. The van der Waals surface area contributed by atoms with Crippen LogP contribution in [-0.4, -0.2) is 17.0 Å². The summed E-state index contributed by atoms with van der Waals surface area (Å²) in [5.74, 6) is 0.697. The van der Waals surface area contributed by atoms with E-state index >= 15 is 0 Å². The van der Waals surface area contributed by atoms with Crippen molar-refractivity contribution in [1.29, 1.82) is 0 Å². The van der Waals surface area contributed by atoms with Crippen LogP contribution < -0.4 is 40.8 Å². The fourth-order valence-corrected chi connectivity index (χ4v) is 4.06. The molecule has 0 aliphatic heterocycles. The zero-order valence-corrected chi connectivity index (χ0v) is 18.8. The molecular formula is C24H25Cl2N5. The van der Waals surface area contributed by atoms with Crippen LogP contribution in [-0.2, 0) is 5.54 Å². The first kappa shape index (κ1) is 22.9. The number of hydrogen-bond donors (Lipinski definition) is 2. The first-order chi connectivity index (χ1) is 14.2. The summed E-state index contributed by atoms with van der Waals surface area (Å²) in [7, 11) is 1.84. The van der Waals surface area contributed by atoms with Gasteiger partial charge in [0.2, 0.25) is 5.65 Å². The minimum Gasteiger partial charge on any atom is -1.00 e. The largest absolute Gasteiger partial charge is 1.00 e. The normalized spacial score (nSPS) is 14.1. The highest BCUT2D eigenvalue weighted by molar-refractivity contribution is 5.89. The number of benzene rings is 2. The van der Waals surface area contributed by atoms with Crippen LogP contribution in [0.25, 0.3) is 33.4 Å². The van der Waals surface area contributed by atoms with E-state index in [1.54, 1.807) is 0 Å². The maximum atomic E-state index is 4.97. The number of anilines is 1. The number of aromatic amines is 1. The summed E-state index contributed by atoms with van der Waals surface area (Å²) < 4.78 is 0. The molecule has 2 aromatic carbocycles. The van der Waals surface area contributed by atoms with Gasteiger partial charge >= 0.3 is 5.95 Å². The van der Waals surface area contributed by atoms with Gasteiger partial charge < -0.3 is 30.5 Å². The van der Waals surface area contributed by atoms with Crippen LogP contribution in [0, 0.1) is 0 Å². The molecule has 5 rings (SSSR count). The quantitative estimate of drug-likeness (QED) is 0.357. The second-order valence-corrected chi connectivity index (χ2v) is 7.87. The molecule has 0 bridgehead atoms. The molecule has 4 aromatic rings. The van der Waals surface area contributed by atoms with Crippen molar-refractivity contribution in [3.05, 3.63) is 72.4 Å². The summed E-state index contributed by atoms with van der Waals surface area (Å²) in [6.07, 6.45) is 5.56. The minimum atomic E-state index is 0. The molecule has 160 valence electrons. The summed E-state index contributed by atoms with van der Waals surface area (Å²) >= 11 is 0. The Bertz CT molecular complexity index is 1180. The van der Waals surface area contributed by atoms with Crippen LogP contribution >= 0.6 is 0 Å². The lowest BCUT2D eigenvalue weighted by molar-refractivity contribution is -0.509. The molecular weight excluding hydrogens is 429 g/mol. The third-order valence-electron chi connectivity index (χ3n) is 6.02. The first-order valence-electron chi connectivity index (χ1n) is 10.1. The number of nitrogens with zero attached hydrogens (tertiary/aromatic N) is 2. The molecule has 5 N–H and O–H groups in total. The summed E-state index contributed by atoms with van der Waals surface area (Å²) in [6.45, 7) is 0. The number of aromatic nitrogens is 3. The zero-order valence-electron chi connectivity index (χ0n) is 17.3. The number of nitrogens with one attached hydrogen (secondary N) is 2. The molecule has 2 aromatic heterocycles. The lowest BCUT2D eigenvalue weighted by Crippen LogP contribution is -3.00. The van der Waals surface area contributed by atoms with E-state index in [1.165, 1.54) is 24.8 Å². The Labute approximate surface area is 194 Å². The van der Waals surface area contributed by atoms with Gasteiger partial charge in [0.15, 0.2) is 0 Å². The van der Waals surface area contributed by atoms with Gasteiger partial charge in [-0.3, -0.25) is 5.32 Å². The highest BCUT2D eigenvalue weighted by Gasteiger charge is 2.38. The van der Waals surface area contributed by atoms with Crippen LogP contribution in [0.15, 0.2) is 66.9 Å². The van der Waals surface area contributed by atoms with Crippen molar-refractivity contribution in [1.82, 2.24) is 9.97 Å². The molecule has 1 aliphatic rings. The third-order valence-corrected chi connectivity index (χ3v) is 6.02. The molecule has 7 heteroatoms. The van der Waals surface area contributed by atoms with E-state index in [4.69, 9.17) is 4.98 Å². The summed E-state index contributed by atoms with van der Waals surface area (Å²) in [6, 6.07) is 21.4. The van der Waals surface area contributed by atoms with Gasteiger partial charge in [-0.1, -0.05) is 59.6 Å². The maximum absolute atomic E-state index is 4.97. The van der Waals surface area contributed by atoms with Gasteiger partial charge in [-0.15, -0.1) is 0 Å². The Kier molecular flexibility index (Phi) is 6.80. The average Bonchev–Trinajstić information content (AvgIpc) is 2.77. The topological polar surface area (TPSA) is 79.6 Å². The molecule has 1 fully saturated rings. The van der Waals surface area contributed by atoms with E-state index in [-0.39, 0.29) is 30.4 Å². The van der Waals surface area contributed by atoms with E-state index in [2.05, 4.69) is 75.6 Å². The van der Waals surface area contributed by atoms with Gasteiger partial charge in [0.05, 0.1) is 24.3 Å². The fraction of sp³-hybridized carbons (Fsp3) is 0.208. The van der Waals surface area contributed by atoms with E-state index < -0.39 is 0 Å². The number of quaternary nitrogens is 1. The van der Waals surface area contributed by atoms with Crippen LogP contribution in [0.2, 0.25) is 0 Å². The highest BCUT2D eigenvalue weighted by Crippen LogP contribution is 2.38. The zero-order chi connectivity index (χ0) is 19.8. The van der Waals surface area contributed by atoms with Crippen LogP contribution in [0.4, 0.5) is 5.95 Å². The number of halogens is 2. The highest BCUT2D eigenvalue weighted by atomic mass is 35.5. The van der Waals surface area contributed by atoms with Gasteiger partial charge in [-0.05, 0) is 18.1 Å². The minimum absolute atomic E-state index is 0. The van der Waals surface area contributed by atoms with E-state index in [0.29, 0.717) is 5.95 Å². The molecule has 31 heavy (non-hydrogen) atoms. The predicted molar refractivity (Wildman–Crippen MR) is 115 cm³/mol. The van der Waals surface area contributed by atoms with Crippen LogP contribution in [0.3, 0.4) is 0 Å². The van der Waals surface area contributed by atoms with E-state index in [0.717, 1.165) is 33.4 Å². The maximum Gasteiger partial charge on any atom is 0.391 e. The Morgan fingerprint density at radius 1 is 0.935 bits per heavy atom. The average molecular weight is 454 g/mol. The monoisotopic (exact) mass is 453 g/mol. The first-order valence-corrected chi connectivity index (χ1v) is 10.1. The van der Waals surface area contributed by atoms with Crippen molar-refractivity contribution < 1.29 is 35.5 Å².